The third-order valence-electron chi connectivity index (χ3n) is 12.7. The van der Waals surface area contributed by atoms with E-state index in [1.807, 2.05) is 6.55 Å². The fraction of sp³-hybridized carbons (Fsp3) is 0.793. The van der Waals surface area contributed by atoms with E-state index in [2.05, 4.69) is 23.8 Å². The highest BCUT2D eigenvalue weighted by Crippen LogP contribution is 2.16. The van der Waals surface area contributed by atoms with E-state index in [0.29, 0.717) is 128 Å². The Kier molecular flexibility index (Phi) is 53.6. The summed E-state index contributed by atoms with van der Waals surface area (Å²) >= 11 is 0. The number of amides is 2. The first-order valence-electron chi connectivity index (χ1n) is 29.5. The van der Waals surface area contributed by atoms with Gasteiger partial charge in [0.15, 0.2) is 0 Å². The Balaban J connectivity index is 0. The largest absolute Gasteiger partial charge is 0.500 e. The molecule has 0 aliphatic rings. The van der Waals surface area contributed by atoms with Gasteiger partial charge >= 0.3 is 53.4 Å². The Morgan fingerprint density at radius 2 is 0.663 bits per heavy atom. The van der Waals surface area contributed by atoms with E-state index in [1.165, 1.54) is 0 Å². The van der Waals surface area contributed by atoms with E-state index in [4.69, 9.17) is 60.0 Å². The van der Waals surface area contributed by atoms with E-state index >= 15 is 0 Å². The van der Waals surface area contributed by atoms with Gasteiger partial charge in [-0.05, 0) is 129 Å². The molecule has 2 amide bonds. The predicted molar refractivity (Wildman–Crippen MR) is 317 cm³/mol. The SMILES string of the molecule is C=C(C)C(=O)OCCOC(=O)CCCCCOCCCCC(=O)CCCCCOC(=O)NCCC[Si](C)(OC)OC.C=C(C)C(=O)OCCOC(=O)CCCCCOCCCCC(=O)CCCCCOC(=O)NCCC[Si](OC)(OC)OC. The minimum absolute atomic E-state index is 0.0270. The Morgan fingerprint density at radius 1 is 0.349 bits per heavy atom. The lowest BCUT2D eigenvalue weighted by molar-refractivity contribution is -0.150. The molecule has 25 heteroatoms. The van der Waals surface area contributed by atoms with Crippen LogP contribution in [0.3, 0.4) is 0 Å². The van der Waals surface area contributed by atoms with Crippen LogP contribution < -0.4 is 10.6 Å². The molecule has 0 spiro atoms. The van der Waals surface area contributed by atoms with Gasteiger partial charge in [0.25, 0.3) is 0 Å². The topological polar surface area (TPSA) is 281 Å². The summed E-state index contributed by atoms with van der Waals surface area (Å²) in [6, 6.07) is 1.39. The number of Topliss-reactive ketones (excluding diaryl/α,β-unsaturated/α-hetero) is 2. The van der Waals surface area contributed by atoms with Crippen molar-refractivity contribution < 1.29 is 98.4 Å². The first-order chi connectivity index (χ1) is 39.8. The maximum atomic E-state index is 12.0. The molecule has 0 fully saturated rings. The second-order valence-electron chi connectivity index (χ2n) is 19.9. The number of rotatable bonds is 55. The number of carbonyl (C=O) groups is 8. The molecule has 0 aliphatic heterocycles. The van der Waals surface area contributed by atoms with Gasteiger partial charge in [0.1, 0.15) is 38.0 Å². The predicted octanol–water partition coefficient (Wildman–Crippen LogP) is 9.53. The molecule has 0 aliphatic carbocycles. The molecule has 0 atom stereocenters. The van der Waals surface area contributed by atoms with Crippen molar-refractivity contribution in [3.63, 3.8) is 0 Å². The van der Waals surface area contributed by atoms with Crippen LogP contribution >= 0.6 is 0 Å². The Morgan fingerprint density at radius 3 is 1.01 bits per heavy atom. The third-order valence-corrected chi connectivity index (χ3v) is 18.5. The molecule has 0 aromatic carbocycles. The van der Waals surface area contributed by atoms with Crippen molar-refractivity contribution in [3.8, 4) is 0 Å². The van der Waals surface area contributed by atoms with Crippen LogP contribution in [0.5, 0.6) is 0 Å². The van der Waals surface area contributed by atoms with Crippen molar-refractivity contribution in [1.29, 1.82) is 0 Å². The Bertz CT molecular complexity index is 1770. The highest BCUT2D eigenvalue weighted by Gasteiger charge is 2.37. The van der Waals surface area contributed by atoms with Gasteiger partial charge in [0, 0.05) is 131 Å². The van der Waals surface area contributed by atoms with Crippen LogP contribution in [0.2, 0.25) is 18.6 Å². The number of alkyl carbamates (subject to hydrolysis) is 2. The highest BCUT2D eigenvalue weighted by molar-refractivity contribution is 6.65. The zero-order chi connectivity index (χ0) is 62.3. The lowest BCUT2D eigenvalue weighted by Gasteiger charge is -2.24. The first-order valence-corrected chi connectivity index (χ1v) is 34.0. The van der Waals surface area contributed by atoms with Gasteiger partial charge in [0.2, 0.25) is 0 Å². The number of ether oxygens (including phenoxy) is 8. The monoisotopic (exact) mass is 1220 g/mol. The van der Waals surface area contributed by atoms with Crippen molar-refractivity contribution in [1.82, 2.24) is 10.6 Å². The van der Waals surface area contributed by atoms with Crippen molar-refractivity contribution in [2.24, 2.45) is 0 Å². The van der Waals surface area contributed by atoms with Gasteiger partial charge in [-0.15, -0.1) is 0 Å². The normalized spacial score (nSPS) is 11.1. The molecule has 83 heavy (non-hydrogen) atoms. The summed E-state index contributed by atoms with van der Waals surface area (Å²) in [6.45, 7) is 16.3. The molecule has 23 nitrogen and oxygen atoms in total. The van der Waals surface area contributed by atoms with Gasteiger partial charge in [-0.2, -0.15) is 0 Å². The van der Waals surface area contributed by atoms with Crippen LogP contribution in [0.25, 0.3) is 0 Å². The summed E-state index contributed by atoms with van der Waals surface area (Å²) in [7, 11) is 3.25. The van der Waals surface area contributed by atoms with Crippen LogP contribution in [-0.2, 0) is 88.8 Å². The Labute approximate surface area is 497 Å². The summed E-state index contributed by atoms with van der Waals surface area (Å²) in [4.78, 5) is 93.2. The van der Waals surface area contributed by atoms with Crippen LogP contribution in [0.1, 0.15) is 168 Å². The van der Waals surface area contributed by atoms with Gasteiger partial charge < -0.3 is 70.7 Å². The average molecular weight is 1220 g/mol. The second kappa shape index (κ2) is 55.3. The molecule has 0 rings (SSSR count). The number of esters is 4. The highest BCUT2D eigenvalue weighted by atomic mass is 28.4. The molecule has 0 aromatic rings. The summed E-state index contributed by atoms with van der Waals surface area (Å²) in [5.74, 6) is -1.10. The van der Waals surface area contributed by atoms with E-state index in [9.17, 15) is 38.4 Å². The second-order valence-corrected chi connectivity index (χ2v) is 26.6. The molecule has 0 radical (unpaired) electrons. The maximum Gasteiger partial charge on any atom is 0.500 e. The minimum atomic E-state index is -2.62. The molecular formula is C58H106N2O21Si2. The van der Waals surface area contributed by atoms with Gasteiger partial charge in [0.05, 0.1) is 13.2 Å². The van der Waals surface area contributed by atoms with E-state index in [-0.39, 0.29) is 49.9 Å². The molecule has 2 N–H and O–H groups in total. The van der Waals surface area contributed by atoms with Crippen LogP contribution in [0.4, 0.5) is 9.59 Å². The summed E-state index contributed by atoms with van der Waals surface area (Å²) in [5.41, 5.74) is 0.616. The number of nitrogens with one attached hydrogen (secondary N) is 2. The van der Waals surface area contributed by atoms with Crippen molar-refractivity contribution in [2.75, 3.05) is 115 Å². The molecule has 0 unspecified atom stereocenters. The average Bonchev–Trinajstić information content (AvgIpc) is 3.49. The molecule has 0 heterocycles. The lowest BCUT2D eigenvalue weighted by Crippen LogP contribution is -2.43. The van der Waals surface area contributed by atoms with Gasteiger partial charge in [-0.25, -0.2) is 19.2 Å². The van der Waals surface area contributed by atoms with Gasteiger partial charge in [-0.1, -0.05) is 26.0 Å². The van der Waals surface area contributed by atoms with Crippen LogP contribution in [-0.4, -0.2) is 180 Å². The maximum absolute atomic E-state index is 12.0. The number of ketones is 2. The third kappa shape index (κ3) is 51.5. The molecule has 0 aromatic heterocycles. The fourth-order valence-corrected chi connectivity index (χ4v) is 10.5. The van der Waals surface area contributed by atoms with Gasteiger partial charge in [-0.3, -0.25) is 19.2 Å². The standard InChI is InChI=1S/C29H53NO11Si.C29H53NO10Si/c1-25(2)28(33)40-23-22-39-27(32)17-9-7-11-19-38-20-13-10-16-26(31)15-8-6-12-21-41-29(34)30-18-14-24-42(35-3,36-4)37-5;1-25(2)28(33)39-23-22-38-27(32)17-9-7-11-19-37-20-13-10-16-26(31)15-8-6-12-21-40-29(34)30-18-14-24-41(5,35-3)36-4/h1,6-24H2,2-5H3,(H,30,34);1,6-24H2,2-5H3,(H,30,34). The number of hydrogen-bond acceptors (Lipinski definition) is 21. The first kappa shape index (κ1) is 80.5. The quantitative estimate of drug-likeness (QED) is 0.0188. The molecule has 482 valence electrons. The molecular weight excluding hydrogens is 1120 g/mol. The zero-order valence-electron chi connectivity index (χ0n) is 51.9. The van der Waals surface area contributed by atoms with E-state index in [0.717, 1.165) is 102 Å². The molecule has 0 bridgehead atoms. The smallest absolute Gasteiger partial charge is 0.462 e. The van der Waals surface area contributed by atoms with Crippen LogP contribution in [0.15, 0.2) is 24.3 Å². The number of unbranched alkanes of at least 4 members (excludes halogenated alkanes) is 10. The van der Waals surface area contributed by atoms with E-state index in [1.54, 1.807) is 49.4 Å². The summed E-state index contributed by atoms with van der Waals surface area (Å²) < 4.78 is 68.1. The summed E-state index contributed by atoms with van der Waals surface area (Å²) in [5, 5.41) is 5.44. The fourth-order valence-electron chi connectivity index (χ4n) is 7.35. The van der Waals surface area contributed by atoms with Crippen molar-refractivity contribution in [2.45, 2.75) is 187 Å². The van der Waals surface area contributed by atoms with Crippen molar-refractivity contribution >= 4 is 65.0 Å². The van der Waals surface area contributed by atoms with E-state index < -0.39 is 41.5 Å². The molecule has 0 saturated carbocycles. The number of carbonyl (C=O) groups excluding carboxylic acids is 8. The zero-order valence-corrected chi connectivity index (χ0v) is 53.9. The Hall–Kier alpha value is -4.61. The minimum Gasteiger partial charge on any atom is -0.462 e. The molecule has 0 saturated heterocycles. The van der Waals surface area contributed by atoms with Crippen molar-refractivity contribution in [3.05, 3.63) is 24.3 Å². The van der Waals surface area contributed by atoms with Crippen LogP contribution in [0, 0.1) is 0 Å². The lowest BCUT2D eigenvalue weighted by atomic mass is 10.1. The summed E-state index contributed by atoms with van der Waals surface area (Å²) in [6.07, 6.45) is 16.3. The number of hydrogen-bond donors (Lipinski definition) is 2.